The summed E-state index contributed by atoms with van der Waals surface area (Å²) in [5.74, 6) is -1.12. The summed E-state index contributed by atoms with van der Waals surface area (Å²) >= 11 is 0. The molecule has 0 aliphatic carbocycles. The highest BCUT2D eigenvalue weighted by Crippen LogP contribution is 2.20. The predicted octanol–water partition coefficient (Wildman–Crippen LogP) is 2.60. The van der Waals surface area contributed by atoms with Gasteiger partial charge in [-0.1, -0.05) is 12.1 Å². The van der Waals surface area contributed by atoms with Crippen molar-refractivity contribution >= 4 is 21.6 Å². The Balaban J connectivity index is 2.39. The first kappa shape index (κ1) is 17.1. The Bertz CT molecular complexity index is 864. The number of nitrogens with one attached hydrogen (secondary N) is 2. The van der Waals surface area contributed by atoms with Gasteiger partial charge in [0.25, 0.3) is 5.91 Å². The minimum Gasteiger partial charge on any atom is -0.319 e. The highest BCUT2D eigenvalue weighted by Gasteiger charge is 2.17. The molecule has 5 nitrogen and oxygen atoms in total. The van der Waals surface area contributed by atoms with Crippen LogP contribution in [0.4, 0.5) is 10.1 Å². The van der Waals surface area contributed by atoms with E-state index >= 15 is 0 Å². The Morgan fingerprint density at radius 3 is 2.43 bits per heavy atom. The standard InChI is InChI=1S/C16H17FN2O3S/c1-10-4-7-14(17)15(8-10)19-16(20)13-9-12(6-5-11(13)2)23(21,22)18-3/h4-9,18H,1-3H3,(H,19,20). The van der Waals surface area contributed by atoms with Crippen molar-refractivity contribution in [1.29, 1.82) is 0 Å². The Labute approximate surface area is 134 Å². The Kier molecular flexibility index (Phi) is 4.82. The molecule has 7 heteroatoms. The smallest absolute Gasteiger partial charge is 0.256 e. The number of carbonyl (C=O) groups is 1. The van der Waals surface area contributed by atoms with Gasteiger partial charge in [0.05, 0.1) is 10.6 Å². The fourth-order valence-electron chi connectivity index (χ4n) is 2.06. The van der Waals surface area contributed by atoms with Crippen molar-refractivity contribution in [3.8, 4) is 0 Å². The molecule has 0 unspecified atom stereocenters. The number of hydrogen-bond donors (Lipinski definition) is 2. The first-order chi connectivity index (χ1) is 10.7. The van der Waals surface area contributed by atoms with Crippen LogP contribution in [-0.2, 0) is 10.0 Å². The first-order valence-corrected chi connectivity index (χ1v) is 8.34. The van der Waals surface area contributed by atoms with Gasteiger partial charge in [-0.15, -0.1) is 0 Å². The molecule has 122 valence electrons. The van der Waals surface area contributed by atoms with E-state index in [1.165, 1.54) is 37.4 Å². The second-order valence-electron chi connectivity index (χ2n) is 5.12. The Morgan fingerprint density at radius 2 is 1.78 bits per heavy atom. The van der Waals surface area contributed by atoms with E-state index in [-0.39, 0.29) is 16.1 Å². The second kappa shape index (κ2) is 6.47. The number of hydrogen-bond acceptors (Lipinski definition) is 3. The van der Waals surface area contributed by atoms with Gasteiger partial charge in [0.1, 0.15) is 5.82 Å². The number of benzene rings is 2. The normalized spacial score (nSPS) is 11.3. The van der Waals surface area contributed by atoms with Crippen LogP contribution in [0.1, 0.15) is 21.5 Å². The van der Waals surface area contributed by atoms with E-state index in [0.717, 1.165) is 5.56 Å². The molecule has 0 heterocycles. The third-order valence-electron chi connectivity index (χ3n) is 3.40. The lowest BCUT2D eigenvalue weighted by atomic mass is 10.1. The zero-order valence-electron chi connectivity index (χ0n) is 13.0. The van der Waals surface area contributed by atoms with Crippen molar-refractivity contribution in [2.45, 2.75) is 18.7 Å². The van der Waals surface area contributed by atoms with Crippen LogP contribution in [-0.4, -0.2) is 21.4 Å². The number of halogens is 1. The van der Waals surface area contributed by atoms with Gasteiger partial charge in [0.15, 0.2) is 0 Å². The van der Waals surface area contributed by atoms with Gasteiger partial charge in [-0.2, -0.15) is 0 Å². The zero-order valence-corrected chi connectivity index (χ0v) is 13.8. The summed E-state index contributed by atoms with van der Waals surface area (Å²) < 4.78 is 39.6. The van der Waals surface area contributed by atoms with E-state index in [4.69, 9.17) is 0 Å². The Morgan fingerprint density at radius 1 is 1.09 bits per heavy atom. The Hall–Kier alpha value is -2.25. The van der Waals surface area contributed by atoms with Crippen molar-refractivity contribution in [3.63, 3.8) is 0 Å². The summed E-state index contributed by atoms with van der Waals surface area (Å²) in [6, 6.07) is 8.58. The van der Waals surface area contributed by atoms with Gasteiger partial charge in [-0.3, -0.25) is 4.79 Å². The highest BCUT2D eigenvalue weighted by molar-refractivity contribution is 7.89. The molecule has 0 aromatic heterocycles. The van der Waals surface area contributed by atoms with Crippen molar-refractivity contribution in [3.05, 3.63) is 58.9 Å². The van der Waals surface area contributed by atoms with Crippen LogP contribution in [0, 0.1) is 19.7 Å². The maximum absolute atomic E-state index is 13.7. The van der Waals surface area contributed by atoms with E-state index in [1.54, 1.807) is 19.9 Å². The number of amides is 1. The van der Waals surface area contributed by atoms with Gasteiger partial charge in [-0.05, 0) is 56.3 Å². The summed E-state index contributed by atoms with van der Waals surface area (Å²) in [5.41, 5.74) is 1.61. The first-order valence-electron chi connectivity index (χ1n) is 6.86. The van der Waals surface area contributed by atoms with Crippen LogP contribution in [0.5, 0.6) is 0 Å². The zero-order chi connectivity index (χ0) is 17.2. The van der Waals surface area contributed by atoms with Crippen LogP contribution in [0.2, 0.25) is 0 Å². The fourth-order valence-corrected chi connectivity index (χ4v) is 2.81. The average molecular weight is 336 g/mol. The molecular weight excluding hydrogens is 319 g/mol. The van der Waals surface area contributed by atoms with Gasteiger partial charge in [0.2, 0.25) is 10.0 Å². The van der Waals surface area contributed by atoms with E-state index in [1.807, 2.05) is 0 Å². The molecule has 2 N–H and O–H groups in total. The van der Waals surface area contributed by atoms with Crippen molar-refractivity contribution in [2.75, 3.05) is 12.4 Å². The summed E-state index contributed by atoms with van der Waals surface area (Å²) in [6.45, 7) is 3.46. The van der Waals surface area contributed by atoms with E-state index in [9.17, 15) is 17.6 Å². The fraction of sp³-hybridized carbons (Fsp3) is 0.188. The maximum Gasteiger partial charge on any atom is 0.256 e. The quantitative estimate of drug-likeness (QED) is 0.901. The lowest BCUT2D eigenvalue weighted by molar-refractivity contribution is 0.102. The number of aryl methyl sites for hydroxylation is 2. The number of sulfonamides is 1. The summed E-state index contributed by atoms with van der Waals surface area (Å²) in [4.78, 5) is 12.3. The van der Waals surface area contributed by atoms with Gasteiger partial charge >= 0.3 is 0 Å². The van der Waals surface area contributed by atoms with E-state index in [0.29, 0.717) is 5.56 Å². The van der Waals surface area contributed by atoms with Crippen LogP contribution in [0.25, 0.3) is 0 Å². The SMILES string of the molecule is CNS(=O)(=O)c1ccc(C)c(C(=O)Nc2cc(C)ccc2F)c1. The molecule has 2 aromatic rings. The van der Waals surface area contributed by atoms with Crippen molar-refractivity contribution in [1.82, 2.24) is 4.72 Å². The molecule has 0 fully saturated rings. The average Bonchev–Trinajstić information content (AvgIpc) is 2.51. The molecule has 0 bridgehead atoms. The van der Waals surface area contributed by atoms with E-state index in [2.05, 4.69) is 10.0 Å². The van der Waals surface area contributed by atoms with Crippen molar-refractivity contribution < 1.29 is 17.6 Å². The molecule has 2 rings (SSSR count). The molecule has 0 saturated heterocycles. The maximum atomic E-state index is 13.7. The van der Waals surface area contributed by atoms with Crippen LogP contribution in [0.15, 0.2) is 41.3 Å². The highest BCUT2D eigenvalue weighted by atomic mass is 32.2. The molecule has 23 heavy (non-hydrogen) atoms. The lowest BCUT2D eigenvalue weighted by Gasteiger charge is -2.11. The third-order valence-corrected chi connectivity index (χ3v) is 4.81. The molecular formula is C16H17FN2O3S. The molecule has 0 spiro atoms. The van der Waals surface area contributed by atoms with Gasteiger partial charge < -0.3 is 5.32 Å². The number of anilines is 1. The predicted molar refractivity (Wildman–Crippen MR) is 86.5 cm³/mol. The van der Waals surface area contributed by atoms with Crippen LogP contribution in [0.3, 0.4) is 0 Å². The summed E-state index contributed by atoms with van der Waals surface area (Å²) in [7, 11) is -2.37. The minimum absolute atomic E-state index is 0.0273. The lowest BCUT2D eigenvalue weighted by Crippen LogP contribution is -2.20. The number of carbonyl (C=O) groups excluding carboxylic acids is 1. The monoisotopic (exact) mass is 336 g/mol. The summed E-state index contributed by atoms with van der Waals surface area (Å²) in [6.07, 6.45) is 0. The molecule has 0 radical (unpaired) electrons. The molecule has 0 atom stereocenters. The minimum atomic E-state index is -3.66. The molecule has 0 aliphatic heterocycles. The number of rotatable bonds is 4. The molecule has 0 aliphatic rings. The van der Waals surface area contributed by atoms with Crippen molar-refractivity contribution in [2.24, 2.45) is 0 Å². The largest absolute Gasteiger partial charge is 0.319 e. The molecule has 1 amide bonds. The summed E-state index contributed by atoms with van der Waals surface area (Å²) in [5, 5.41) is 2.48. The molecule has 2 aromatic carbocycles. The third kappa shape index (κ3) is 3.75. The van der Waals surface area contributed by atoms with Gasteiger partial charge in [-0.25, -0.2) is 17.5 Å². The van der Waals surface area contributed by atoms with Crippen LogP contribution < -0.4 is 10.0 Å². The van der Waals surface area contributed by atoms with Gasteiger partial charge in [0, 0.05) is 5.56 Å². The van der Waals surface area contributed by atoms with Crippen LogP contribution >= 0.6 is 0 Å². The molecule has 0 saturated carbocycles. The van der Waals surface area contributed by atoms with E-state index < -0.39 is 21.7 Å². The topological polar surface area (TPSA) is 75.3 Å². The second-order valence-corrected chi connectivity index (χ2v) is 7.01.